The first kappa shape index (κ1) is 22.1. The van der Waals surface area contributed by atoms with E-state index in [-0.39, 0.29) is 0 Å². The van der Waals surface area contributed by atoms with Crippen molar-refractivity contribution in [1.29, 1.82) is 0 Å². The summed E-state index contributed by atoms with van der Waals surface area (Å²) in [5.41, 5.74) is 2.59. The summed E-state index contributed by atoms with van der Waals surface area (Å²) in [5.74, 6) is 0. The van der Waals surface area contributed by atoms with E-state index >= 15 is 0 Å². The third-order valence-electron chi connectivity index (χ3n) is 6.41. The molecule has 0 aliphatic carbocycles. The highest BCUT2D eigenvalue weighted by molar-refractivity contribution is 7.18. The number of hydrogen-bond acceptors (Lipinski definition) is 4. The van der Waals surface area contributed by atoms with Crippen LogP contribution < -0.4 is 0 Å². The summed E-state index contributed by atoms with van der Waals surface area (Å²) in [6, 6.07) is 15.9. The van der Waals surface area contributed by atoms with Gasteiger partial charge in [0, 0.05) is 25.0 Å². The lowest BCUT2D eigenvalue weighted by Crippen LogP contribution is -2.28. The lowest BCUT2D eigenvalue weighted by molar-refractivity contribution is -0.143. The average molecular weight is 471 g/mol. The molecule has 0 bridgehead atoms. The lowest BCUT2D eigenvalue weighted by Gasteiger charge is -2.20. The predicted molar refractivity (Wildman–Crippen MR) is 126 cm³/mol. The number of aromatic nitrogens is 3. The Bertz CT molecular complexity index is 1290. The number of likely N-dealkylation sites (tertiary alicyclic amines) is 1. The van der Waals surface area contributed by atoms with Crippen LogP contribution in [0.1, 0.15) is 31.0 Å². The molecule has 4 nitrogen and oxygen atoms in total. The fourth-order valence-corrected chi connectivity index (χ4v) is 5.46. The molecular weight excluding hydrogens is 445 g/mol. The zero-order chi connectivity index (χ0) is 23.2. The lowest BCUT2D eigenvalue weighted by atomic mass is 10.1. The molecule has 4 aromatic rings. The van der Waals surface area contributed by atoms with Gasteiger partial charge in [0.15, 0.2) is 0 Å². The van der Waals surface area contributed by atoms with Crippen LogP contribution in [0, 0.1) is 0 Å². The maximum atomic E-state index is 13.1. The SMILES string of the molecule is C[C@@H]1CCCN1CCc1ccc2nc(-c3ccc(-c4cc(C(F)(F)F)n(C)n4)s3)ccc2c1. The molecule has 0 amide bonds. The van der Waals surface area contributed by atoms with Crippen molar-refractivity contribution in [2.24, 2.45) is 7.05 Å². The molecule has 3 aromatic heterocycles. The van der Waals surface area contributed by atoms with Crippen LogP contribution in [0.15, 0.2) is 48.5 Å². The van der Waals surface area contributed by atoms with Crippen molar-refractivity contribution in [3.63, 3.8) is 0 Å². The first-order valence-electron chi connectivity index (χ1n) is 11.1. The second-order valence-corrected chi connectivity index (χ2v) is 9.78. The Balaban J connectivity index is 1.35. The van der Waals surface area contributed by atoms with Gasteiger partial charge in [-0.15, -0.1) is 11.3 Å². The largest absolute Gasteiger partial charge is 0.433 e. The fourth-order valence-electron chi connectivity index (χ4n) is 4.53. The third-order valence-corrected chi connectivity index (χ3v) is 7.54. The molecule has 172 valence electrons. The molecular formula is C25H25F3N4S. The van der Waals surface area contributed by atoms with Gasteiger partial charge in [0.2, 0.25) is 0 Å². The minimum absolute atomic E-state index is 0.318. The monoisotopic (exact) mass is 470 g/mol. The molecule has 0 unspecified atom stereocenters. The summed E-state index contributed by atoms with van der Waals surface area (Å²) in [6.07, 6.45) is -0.815. The molecule has 0 N–H and O–H groups in total. The number of nitrogens with zero attached hydrogens (tertiary/aromatic N) is 4. The van der Waals surface area contributed by atoms with Gasteiger partial charge in [0.05, 0.1) is 21.0 Å². The molecule has 1 aromatic carbocycles. The highest BCUT2D eigenvalue weighted by Gasteiger charge is 2.35. The zero-order valence-electron chi connectivity index (χ0n) is 18.6. The van der Waals surface area contributed by atoms with Crippen LogP contribution in [0.2, 0.25) is 0 Å². The fraction of sp³-hybridized carbons (Fsp3) is 0.360. The van der Waals surface area contributed by atoms with Crippen LogP contribution in [0.5, 0.6) is 0 Å². The van der Waals surface area contributed by atoms with Gasteiger partial charge in [-0.1, -0.05) is 12.1 Å². The van der Waals surface area contributed by atoms with Crippen molar-refractivity contribution in [3.05, 3.63) is 59.8 Å². The van der Waals surface area contributed by atoms with Gasteiger partial charge < -0.3 is 4.90 Å². The molecule has 5 rings (SSSR count). The van der Waals surface area contributed by atoms with Gasteiger partial charge in [-0.2, -0.15) is 18.3 Å². The molecule has 8 heteroatoms. The standard InChI is InChI=1S/C25H25F3N4S/c1-16-4-3-12-32(16)13-11-17-5-7-19-18(14-17)6-8-20(29-19)22-9-10-23(33-22)21-15-24(25(26,27)28)31(2)30-21/h5-10,14-16H,3-4,11-13H2,1-2H3/t16-/m1/s1. The first-order chi connectivity index (χ1) is 15.8. The van der Waals surface area contributed by atoms with Gasteiger partial charge in [-0.3, -0.25) is 4.68 Å². The number of halogens is 3. The van der Waals surface area contributed by atoms with Crippen LogP contribution in [-0.4, -0.2) is 38.8 Å². The van der Waals surface area contributed by atoms with Crippen molar-refractivity contribution in [1.82, 2.24) is 19.7 Å². The maximum Gasteiger partial charge on any atom is 0.433 e. The molecule has 4 heterocycles. The van der Waals surface area contributed by atoms with E-state index in [0.29, 0.717) is 16.6 Å². The van der Waals surface area contributed by atoms with Gasteiger partial charge in [0.25, 0.3) is 0 Å². The Kier molecular flexibility index (Phi) is 5.74. The molecule has 33 heavy (non-hydrogen) atoms. The van der Waals surface area contributed by atoms with Crippen molar-refractivity contribution in [3.8, 4) is 21.1 Å². The number of thiophene rings is 1. The highest BCUT2D eigenvalue weighted by Crippen LogP contribution is 2.37. The Morgan fingerprint density at radius 1 is 1.03 bits per heavy atom. The van der Waals surface area contributed by atoms with E-state index in [9.17, 15) is 13.2 Å². The number of hydrogen-bond donors (Lipinski definition) is 0. The Morgan fingerprint density at radius 3 is 2.52 bits per heavy atom. The average Bonchev–Trinajstić information content (AvgIpc) is 3.51. The second kappa shape index (κ2) is 8.57. The minimum atomic E-state index is -4.43. The third kappa shape index (κ3) is 4.54. The summed E-state index contributed by atoms with van der Waals surface area (Å²) in [6.45, 7) is 4.58. The summed E-state index contributed by atoms with van der Waals surface area (Å²) < 4.78 is 40.2. The minimum Gasteiger partial charge on any atom is -0.300 e. The number of fused-ring (bicyclic) bond motifs is 1. The van der Waals surface area contributed by atoms with Crippen LogP contribution in [-0.2, 0) is 19.6 Å². The van der Waals surface area contributed by atoms with Gasteiger partial charge in [-0.25, -0.2) is 4.98 Å². The molecule has 0 radical (unpaired) electrons. The summed E-state index contributed by atoms with van der Waals surface area (Å²) in [7, 11) is 1.31. The molecule has 1 aliphatic rings. The van der Waals surface area contributed by atoms with Crippen molar-refractivity contribution in [2.45, 2.75) is 38.4 Å². The van der Waals surface area contributed by atoms with Crippen LogP contribution >= 0.6 is 11.3 Å². The van der Waals surface area contributed by atoms with Crippen molar-refractivity contribution >= 4 is 22.2 Å². The van der Waals surface area contributed by atoms with E-state index in [1.807, 2.05) is 12.1 Å². The summed E-state index contributed by atoms with van der Waals surface area (Å²) in [4.78, 5) is 8.94. The van der Waals surface area contributed by atoms with Crippen LogP contribution in [0.3, 0.4) is 0 Å². The Morgan fingerprint density at radius 2 is 1.82 bits per heavy atom. The van der Waals surface area contributed by atoms with E-state index in [1.165, 1.54) is 43.3 Å². The first-order valence-corrected chi connectivity index (χ1v) is 11.9. The van der Waals surface area contributed by atoms with E-state index < -0.39 is 11.9 Å². The van der Waals surface area contributed by atoms with E-state index in [4.69, 9.17) is 4.98 Å². The number of pyridine rings is 1. The zero-order valence-corrected chi connectivity index (χ0v) is 19.4. The second-order valence-electron chi connectivity index (χ2n) is 8.70. The number of alkyl halides is 3. The Hall–Kier alpha value is -2.71. The van der Waals surface area contributed by atoms with Crippen molar-refractivity contribution < 1.29 is 13.2 Å². The van der Waals surface area contributed by atoms with Gasteiger partial charge >= 0.3 is 6.18 Å². The number of aryl methyl sites for hydroxylation is 1. The van der Waals surface area contributed by atoms with E-state index in [1.54, 1.807) is 6.07 Å². The van der Waals surface area contributed by atoms with Gasteiger partial charge in [0.1, 0.15) is 11.4 Å². The molecule has 1 fully saturated rings. The summed E-state index contributed by atoms with van der Waals surface area (Å²) in [5, 5.41) is 5.15. The van der Waals surface area contributed by atoms with Crippen LogP contribution in [0.25, 0.3) is 32.0 Å². The molecule has 1 atom stereocenters. The predicted octanol–water partition coefficient (Wildman–Crippen LogP) is 6.41. The topological polar surface area (TPSA) is 34.0 Å². The van der Waals surface area contributed by atoms with Gasteiger partial charge in [-0.05, 0) is 74.7 Å². The molecule has 0 spiro atoms. The maximum absolute atomic E-state index is 13.1. The highest BCUT2D eigenvalue weighted by atomic mass is 32.1. The Labute approximate surface area is 194 Å². The van der Waals surface area contributed by atoms with E-state index in [2.05, 4.69) is 41.2 Å². The molecule has 1 aliphatic heterocycles. The normalized spacial score (nSPS) is 17.3. The van der Waals surface area contributed by atoms with Crippen molar-refractivity contribution in [2.75, 3.05) is 13.1 Å². The smallest absolute Gasteiger partial charge is 0.300 e. The van der Waals surface area contributed by atoms with Crippen LogP contribution in [0.4, 0.5) is 13.2 Å². The quantitative estimate of drug-likeness (QED) is 0.338. The molecule has 1 saturated heterocycles. The van der Waals surface area contributed by atoms with E-state index in [0.717, 1.165) is 45.2 Å². The molecule has 0 saturated carbocycles. The number of rotatable bonds is 5. The number of benzene rings is 1. The summed E-state index contributed by atoms with van der Waals surface area (Å²) >= 11 is 1.39.